The molecule has 20 heavy (non-hydrogen) atoms. The molecule has 0 bridgehead atoms. The van der Waals surface area contributed by atoms with Gasteiger partial charge in [0.25, 0.3) is 0 Å². The molecule has 0 spiro atoms. The van der Waals surface area contributed by atoms with Gasteiger partial charge < -0.3 is 10.1 Å². The Morgan fingerprint density at radius 3 is 2.50 bits per heavy atom. The van der Waals surface area contributed by atoms with Gasteiger partial charge in [0, 0.05) is 17.7 Å². The van der Waals surface area contributed by atoms with Crippen molar-refractivity contribution >= 4 is 23.2 Å². The zero-order chi connectivity index (χ0) is 14.7. The summed E-state index contributed by atoms with van der Waals surface area (Å²) in [5, 5.41) is 3.93. The Morgan fingerprint density at radius 1 is 1.10 bits per heavy atom. The maximum atomic E-state index is 13.4. The van der Waals surface area contributed by atoms with Crippen LogP contribution in [0.1, 0.15) is 18.5 Å². The van der Waals surface area contributed by atoms with E-state index >= 15 is 0 Å². The first-order valence-corrected chi connectivity index (χ1v) is 6.86. The standard InChI is InChI=1S/C15H14Cl2FNO/c1-9(19-2)12-7-10(18)3-6-15(12)20-11-4-5-13(16)14(17)8-11/h3-9,19H,1-2H3/t9-/m1/s1. The van der Waals surface area contributed by atoms with Crippen molar-refractivity contribution in [2.24, 2.45) is 0 Å². The average Bonchev–Trinajstić information content (AvgIpc) is 2.44. The Bertz CT molecular complexity index is 619. The van der Waals surface area contributed by atoms with Crippen molar-refractivity contribution in [3.63, 3.8) is 0 Å². The predicted molar refractivity (Wildman–Crippen MR) is 80.4 cm³/mol. The molecule has 2 rings (SSSR count). The Morgan fingerprint density at radius 2 is 1.85 bits per heavy atom. The van der Waals surface area contributed by atoms with Crippen LogP contribution in [0.25, 0.3) is 0 Å². The third-order valence-corrected chi connectivity index (χ3v) is 3.73. The minimum atomic E-state index is -0.302. The highest BCUT2D eigenvalue weighted by Crippen LogP contribution is 2.33. The minimum Gasteiger partial charge on any atom is -0.457 e. The summed E-state index contributed by atoms with van der Waals surface area (Å²) in [4.78, 5) is 0. The normalized spacial score (nSPS) is 12.2. The van der Waals surface area contributed by atoms with Crippen LogP contribution in [0.2, 0.25) is 10.0 Å². The molecule has 0 heterocycles. The SMILES string of the molecule is CN[C@H](C)c1cc(F)ccc1Oc1ccc(Cl)c(Cl)c1. The van der Waals surface area contributed by atoms with Gasteiger partial charge in [-0.25, -0.2) is 4.39 Å². The molecule has 0 amide bonds. The van der Waals surface area contributed by atoms with Crippen LogP contribution in [0.5, 0.6) is 11.5 Å². The van der Waals surface area contributed by atoms with Crippen LogP contribution in [0.15, 0.2) is 36.4 Å². The molecule has 5 heteroatoms. The lowest BCUT2D eigenvalue weighted by Crippen LogP contribution is -2.13. The summed E-state index contributed by atoms with van der Waals surface area (Å²) >= 11 is 11.8. The maximum absolute atomic E-state index is 13.4. The highest BCUT2D eigenvalue weighted by Gasteiger charge is 2.12. The van der Waals surface area contributed by atoms with E-state index < -0.39 is 0 Å². The van der Waals surface area contributed by atoms with E-state index in [9.17, 15) is 4.39 Å². The largest absolute Gasteiger partial charge is 0.457 e. The maximum Gasteiger partial charge on any atom is 0.132 e. The number of hydrogen-bond acceptors (Lipinski definition) is 2. The van der Waals surface area contributed by atoms with Gasteiger partial charge in [0.05, 0.1) is 10.0 Å². The van der Waals surface area contributed by atoms with Gasteiger partial charge in [-0.05, 0) is 44.3 Å². The molecule has 0 unspecified atom stereocenters. The van der Waals surface area contributed by atoms with Crippen LogP contribution >= 0.6 is 23.2 Å². The highest BCUT2D eigenvalue weighted by atomic mass is 35.5. The number of rotatable bonds is 4. The van der Waals surface area contributed by atoms with Gasteiger partial charge in [-0.1, -0.05) is 23.2 Å². The third kappa shape index (κ3) is 3.42. The van der Waals surface area contributed by atoms with Crippen LogP contribution in [-0.2, 0) is 0 Å². The van der Waals surface area contributed by atoms with E-state index in [0.29, 0.717) is 21.5 Å². The second kappa shape index (κ2) is 6.44. The van der Waals surface area contributed by atoms with Crippen molar-refractivity contribution in [2.75, 3.05) is 7.05 Å². The molecule has 0 saturated carbocycles. The van der Waals surface area contributed by atoms with Crippen LogP contribution in [-0.4, -0.2) is 7.05 Å². The fourth-order valence-corrected chi connectivity index (χ4v) is 2.06. The quantitative estimate of drug-likeness (QED) is 0.837. The molecule has 0 aliphatic carbocycles. The molecule has 1 N–H and O–H groups in total. The van der Waals surface area contributed by atoms with Crippen LogP contribution in [0, 0.1) is 5.82 Å². The average molecular weight is 314 g/mol. The van der Waals surface area contributed by atoms with Gasteiger partial charge >= 0.3 is 0 Å². The fourth-order valence-electron chi connectivity index (χ4n) is 1.77. The minimum absolute atomic E-state index is 0.0385. The molecule has 1 atom stereocenters. The van der Waals surface area contributed by atoms with Gasteiger partial charge in [0.15, 0.2) is 0 Å². The van der Waals surface area contributed by atoms with Crippen molar-refractivity contribution in [2.45, 2.75) is 13.0 Å². The molecule has 106 valence electrons. The van der Waals surface area contributed by atoms with Crippen molar-refractivity contribution in [1.82, 2.24) is 5.32 Å². The summed E-state index contributed by atoms with van der Waals surface area (Å²) in [6.45, 7) is 1.93. The Hall–Kier alpha value is -1.29. The lowest BCUT2D eigenvalue weighted by atomic mass is 10.1. The van der Waals surface area contributed by atoms with Gasteiger partial charge in [0.1, 0.15) is 17.3 Å². The number of ether oxygens (including phenoxy) is 1. The van der Waals surface area contributed by atoms with Crippen LogP contribution in [0.4, 0.5) is 4.39 Å². The molecular weight excluding hydrogens is 300 g/mol. The lowest BCUT2D eigenvalue weighted by molar-refractivity contribution is 0.463. The zero-order valence-corrected chi connectivity index (χ0v) is 12.6. The van der Waals surface area contributed by atoms with Crippen LogP contribution in [0.3, 0.4) is 0 Å². The number of nitrogens with one attached hydrogen (secondary N) is 1. The van der Waals surface area contributed by atoms with Gasteiger partial charge in [-0.3, -0.25) is 0 Å². The number of hydrogen-bond donors (Lipinski definition) is 1. The van der Waals surface area contributed by atoms with Crippen molar-refractivity contribution < 1.29 is 9.13 Å². The monoisotopic (exact) mass is 313 g/mol. The molecule has 0 saturated heterocycles. The molecular formula is C15H14Cl2FNO. The van der Waals surface area contributed by atoms with E-state index in [1.165, 1.54) is 12.1 Å². The van der Waals surface area contributed by atoms with Gasteiger partial charge in [-0.2, -0.15) is 0 Å². The lowest BCUT2D eigenvalue weighted by Gasteiger charge is -2.16. The first kappa shape index (κ1) is 15.1. The smallest absolute Gasteiger partial charge is 0.132 e. The summed E-state index contributed by atoms with van der Waals surface area (Å²) < 4.78 is 19.2. The first-order chi connectivity index (χ1) is 9.51. The Balaban J connectivity index is 2.35. The summed E-state index contributed by atoms with van der Waals surface area (Å²) in [6.07, 6.45) is 0. The second-order valence-electron chi connectivity index (χ2n) is 4.37. The topological polar surface area (TPSA) is 21.3 Å². The second-order valence-corrected chi connectivity index (χ2v) is 5.18. The molecule has 0 aromatic heterocycles. The van der Waals surface area contributed by atoms with E-state index in [2.05, 4.69) is 5.32 Å². The molecule has 2 aromatic rings. The molecule has 0 aliphatic rings. The molecule has 2 nitrogen and oxygen atoms in total. The van der Waals surface area contributed by atoms with E-state index in [0.717, 1.165) is 5.56 Å². The van der Waals surface area contributed by atoms with Gasteiger partial charge in [-0.15, -0.1) is 0 Å². The number of halogens is 3. The van der Waals surface area contributed by atoms with Gasteiger partial charge in [0.2, 0.25) is 0 Å². The van der Waals surface area contributed by atoms with Crippen molar-refractivity contribution in [3.05, 3.63) is 57.8 Å². The summed E-state index contributed by atoms with van der Waals surface area (Å²) in [5.41, 5.74) is 0.735. The van der Waals surface area contributed by atoms with Crippen LogP contribution < -0.4 is 10.1 Å². The third-order valence-electron chi connectivity index (χ3n) is 2.99. The number of benzene rings is 2. The summed E-state index contributed by atoms with van der Waals surface area (Å²) in [6, 6.07) is 9.37. The molecule has 0 aliphatic heterocycles. The van der Waals surface area contributed by atoms with Crippen molar-refractivity contribution in [3.8, 4) is 11.5 Å². The predicted octanol–water partition coefficient (Wildman–Crippen LogP) is 5.21. The first-order valence-electron chi connectivity index (χ1n) is 6.11. The summed E-state index contributed by atoms with van der Waals surface area (Å²) in [7, 11) is 1.80. The van der Waals surface area contributed by atoms with E-state index in [-0.39, 0.29) is 11.9 Å². The Labute approximate surface area is 127 Å². The molecule has 0 radical (unpaired) electrons. The van der Waals surface area contributed by atoms with E-state index in [1.54, 1.807) is 31.3 Å². The Kier molecular flexibility index (Phi) is 4.86. The zero-order valence-electron chi connectivity index (χ0n) is 11.1. The summed E-state index contributed by atoms with van der Waals surface area (Å²) in [5.74, 6) is 0.825. The fraction of sp³-hybridized carbons (Fsp3) is 0.200. The highest BCUT2D eigenvalue weighted by molar-refractivity contribution is 6.42. The van der Waals surface area contributed by atoms with Crippen molar-refractivity contribution in [1.29, 1.82) is 0 Å². The molecule has 2 aromatic carbocycles. The van der Waals surface area contributed by atoms with E-state index in [1.807, 2.05) is 6.92 Å². The van der Waals surface area contributed by atoms with E-state index in [4.69, 9.17) is 27.9 Å². The molecule has 0 fully saturated rings.